The van der Waals surface area contributed by atoms with Crippen molar-refractivity contribution >= 4 is 23.2 Å². The summed E-state index contributed by atoms with van der Waals surface area (Å²) in [6.45, 7) is 10.4. The highest BCUT2D eigenvalue weighted by molar-refractivity contribution is 6.48. The van der Waals surface area contributed by atoms with E-state index in [4.69, 9.17) is 32.7 Å². The van der Waals surface area contributed by atoms with Crippen molar-refractivity contribution in [3.05, 3.63) is 0 Å². The molecule has 0 spiro atoms. The quantitative estimate of drug-likeness (QED) is 0.469. The number of ether oxygens (including phenoxy) is 2. The van der Waals surface area contributed by atoms with Crippen LogP contribution in [0.15, 0.2) is 0 Å². The SMILES string of the molecule is COCC(CCC(C)(Cl)Cl)(COC)C1CC(C)CCC1C(C)C. The molecule has 0 aliphatic heterocycles. The molecule has 2 nitrogen and oxygen atoms in total. The molecule has 0 bridgehead atoms. The van der Waals surface area contributed by atoms with Gasteiger partial charge in [0.15, 0.2) is 0 Å². The van der Waals surface area contributed by atoms with Crippen LogP contribution >= 0.6 is 23.2 Å². The summed E-state index contributed by atoms with van der Waals surface area (Å²) in [4.78, 5) is 0. The molecule has 23 heavy (non-hydrogen) atoms. The second-order valence-corrected chi connectivity index (χ2v) is 10.1. The van der Waals surface area contributed by atoms with Crippen LogP contribution in [0.25, 0.3) is 0 Å². The molecule has 0 saturated heterocycles. The Bertz CT molecular complexity index is 333. The third kappa shape index (κ3) is 6.38. The van der Waals surface area contributed by atoms with Gasteiger partial charge in [0.1, 0.15) is 4.33 Å². The number of alkyl halides is 2. The van der Waals surface area contributed by atoms with Gasteiger partial charge in [0.2, 0.25) is 0 Å². The number of methoxy groups -OCH3 is 2. The summed E-state index contributed by atoms with van der Waals surface area (Å²) >= 11 is 12.6. The fourth-order valence-electron chi connectivity index (χ4n) is 4.54. The van der Waals surface area contributed by atoms with Gasteiger partial charge in [-0.05, 0) is 56.3 Å². The van der Waals surface area contributed by atoms with Crippen molar-refractivity contribution in [2.24, 2.45) is 29.1 Å². The van der Waals surface area contributed by atoms with E-state index in [9.17, 15) is 0 Å². The van der Waals surface area contributed by atoms with Crippen molar-refractivity contribution in [2.45, 2.75) is 64.1 Å². The summed E-state index contributed by atoms with van der Waals surface area (Å²) in [5, 5.41) is 0. The van der Waals surface area contributed by atoms with E-state index in [0.29, 0.717) is 31.0 Å². The first-order valence-corrected chi connectivity index (χ1v) is 9.76. The fourth-order valence-corrected chi connectivity index (χ4v) is 4.72. The molecular formula is C19H36Cl2O2. The van der Waals surface area contributed by atoms with Crippen LogP contribution in [0.4, 0.5) is 0 Å². The lowest BCUT2D eigenvalue weighted by atomic mass is 9.58. The van der Waals surface area contributed by atoms with E-state index in [-0.39, 0.29) is 5.41 Å². The Kier molecular flexibility index (Phi) is 8.68. The fraction of sp³-hybridized carbons (Fsp3) is 1.00. The number of hydrogen-bond acceptors (Lipinski definition) is 2. The summed E-state index contributed by atoms with van der Waals surface area (Å²) in [5.41, 5.74) is -0.00183. The van der Waals surface area contributed by atoms with Gasteiger partial charge >= 0.3 is 0 Å². The van der Waals surface area contributed by atoms with Gasteiger partial charge in [-0.3, -0.25) is 0 Å². The minimum Gasteiger partial charge on any atom is -0.384 e. The molecule has 0 heterocycles. The second kappa shape index (κ2) is 9.27. The highest BCUT2D eigenvalue weighted by Gasteiger charge is 2.46. The number of hydrogen-bond donors (Lipinski definition) is 0. The monoisotopic (exact) mass is 366 g/mol. The highest BCUT2D eigenvalue weighted by Crippen LogP contribution is 2.50. The maximum atomic E-state index is 6.29. The molecule has 3 unspecified atom stereocenters. The average molecular weight is 367 g/mol. The van der Waals surface area contributed by atoms with E-state index in [1.54, 1.807) is 14.2 Å². The van der Waals surface area contributed by atoms with Crippen LogP contribution < -0.4 is 0 Å². The maximum Gasteiger partial charge on any atom is 0.115 e. The van der Waals surface area contributed by atoms with E-state index in [1.807, 2.05) is 6.92 Å². The van der Waals surface area contributed by atoms with E-state index < -0.39 is 4.33 Å². The summed E-state index contributed by atoms with van der Waals surface area (Å²) in [6.07, 6.45) is 5.59. The molecule has 1 aliphatic rings. The van der Waals surface area contributed by atoms with Crippen LogP contribution in [0.1, 0.15) is 59.8 Å². The molecule has 0 radical (unpaired) electrons. The lowest BCUT2D eigenvalue weighted by molar-refractivity contribution is -0.0810. The average Bonchev–Trinajstić information content (AvgIpc) is 2.44. The zero-order chi connectivity index (χ0) is 17.7. The van der Waals surface area contributed by atoms with Gasteiger partial charge in [-0.15, -0.1) is 23.2 Å². The predicted molar refractivity (Wildman–Crippen MR) is 100 cm³/mol. The summed E-state index contributed by atoms with van der Waals surface area (Å²) in [5.74, 6) is 2.76. The molecule has 1 aliphatic carbocycles. The number of rotatable bonds is 9. The van der Waals surface area contributed by atoms with Crippen LogP contribution in [-0.4, -0.2) is 31.8 Å². The van der Waals surface area contributed by atoms with Crippen LogP contribution in [0.2, 0.25) is 0 Å². The zero-order valence-corrected chi connectivity index (χ0v) is 17.3. The Morgan fingerprint density at radius 3 is 2.04 bits per heavy atom. The number of halogens is 2. The Morgan fingerprint density at radius 1 is 1.04 bits per heavy atom. The topological polar surface area (TPSA) is 18.5 Å². The third-order valence-corrected chi connectivity index (χ3v) is 6.11. The summed E-state index contributed by atoms with van der Waals surface area (Å²) < 4.78 is 10.7. The Balaban J connectivity index is 3.10. The third-order valence-electron chi connectivity index (χ3n) is 5.73. The molecule has 1 saturated carbocycles. The van der Waals surface area contributed by atoms with Crippen molar-refractivity contribution in [2.75, 3.05) is 27.4 Å². The first-order valence-electron chi connectivity index (χ1n) is 9.01. The molecule has 0 N–H and O–H groups in total. The molecule has 4 heteroatoms. The van der Waals surface area contributed by atoms with Crippen molar-refractivity contribution < 1.29 is 9.47 Å². The van der Waals surface area contributed by atoms with Gasteiger partial charge < -0.3 is 9.47 Å². The van der Waals surface area contributed by atoms with Gasteiger partial charge in [-0.2, -0.15) is 0 Å². The molecular weight excluding hydrogens is 331 g/mol. The van der Waals surface area contributed by atoms with Crippen molar-refractivity contribution in [3.8, 4) is 0 Å². The summed E-state index contributed by atoms with van der Waals surface area (Å²) in [7, 11) is 3.59. The minimum atomic E-state index is -0.694. The lowest BCUT2D eigenvalue weighted by Crippen LogP contribution is -2.47. The molecule has 138 valence electrons. The molecule has 1 fully saturated rings. The van der Waals surface area contributed by atoms with Crippen LogP contribution in [0.3, 0.4) is 0 Å². The van der Waals surface area contributed by atoms with E-state index in [2.05, 4.69) is 20.8 Å². The smallest absolute Gasteiger partial charge is 0.115 e. The van der Waals surface area contributed by atoms with Crippen LogP contribution in [0.5, 0.6) is 0 Å². The van der Waals surface area contributed by atoms with Crippen molar-refractivity contribution in [3.63, 3.8) is 0 Å². The predicted octanol–water partition coefficient (Wildman–Crippen LogP) is 5.95. The standard InChI is InChI=1S/C19H36Cl2O2/c1-14(2)16-8-7-15(3)11-17(16)19(12-22-5,13-23-6)10-9-18(4,20)21/h14-17H,7-13H2,1-6H3. The first-order chi connectivity index (χ1) is 10.6. The molecule has 0 aromatic carbocycles. The summed E-state index contributed by atoms with van der Waals surface area (Å²) in [6, 6.07) is 0. The van der Waals surface area contributed by atoms with Crippen LogP contribution in [0, 0.1) is 29.1 Å². The Morgan fingerprint density at radius 2 is 1.61 bits per heavy atom. The molecule has 0 aromatic heterocycles. The van der Waals surface area contributed by atoms with Crippen molar-refractivity contribution in [1.29, 1.82) is 0 Å². The van der Waals surface area contributed by atoms with Crippen molar-refractivity contribution in [1.82, 2.24) is 0 Å². The lowest BCUT2D eigenvalue weighted by Gasteiger charge is -2.49. The van der Waals surface area contributed by atoms with Gasteiger partial charge in [0.05, 0.1) is 13.2 Å². The van der Waals surface area contributed by atoms with Crippen LogP contribution in [-0.2, 0) is 9.47 Å². The minimum absolute atomic E-state index is 0.00183. The maximum absolute atomic E-state index is 6.29. The highest BCUT2D eigenvalue weighted by atomic mass is 35.5. The molecule has 0 amide bonds. The molecule has 3 atom stereocenters. The largest absolute Gasteiger partial charge is 0.384 e. The van der Waals surface area contributed by atoms with Gasteiger partial charge in [-0.25, -0.2) is 0 Å². The Hall–Kier alpha value is 0.500. The normalized spacial score (nSPS) is 26.7. The second-order valence-electron chi connectivity index (χ2n) is 8.23. The van der Waals surface area contributed by atoms with Gasteiger partial charge in [0.25, 0.3) is 0 Å². The molecule has 0 aromatic rings. The van der Waals surface area contributed by atoms with E-state index in [1.165, 1.54) is 19.3 Å². The van der Waals surface area contributed by atoms with Gasteiger partial charge in [-0.1, -0.05) is 27.2 Å². The van der Waals surface area contributed by atoms with E-state index >= 15 is 0 Å². The zero-order valence-electron chi connectivity index (χ0n) is 15.8. The van der Waals surface area contributed by atoms with Gasteiger partial charge in [0, 0.05) is 19.6 Å². The Labute approximate surface area is 153 Å². The first kappa shape index (κ1) is 21.5. The van der Waals surface area contributed by atoms with E-state index in [0.717, 1.165) is 18.8 Å². The molecule has 1 rings (SSSR count).